The lowest BCUT2D eigenvalue weighted by Gasteiger charge is -2.36. The Morgan fingerprint density at radius 1 is 1.40 bits per heavy atom. The van der Waals surface area contributed by atoms with Gasteiger partial charge in [-0.3, -0.25) is 15.4 Å². The van der Waals surface area contributed by atoms with Crippen LogP contribution in [-0.2, 0) is 9.53 Å². The van der Waals surface area contributed by atoms with Crippen molar-refractivity contribution in [2.24, 2.45) is 5.73 Å². The zero-order valence-corrected chi connectivity index (χ0v) is 10.6. The molecule has 0 saturated carbocycles. The average molecular weight is 289 g/mol. The van der Waals surface area contributed by atoms with E-state index in [4.69, 9.17) is 15.6 Å². The van der Waals surface area contributed by atoms with Gasteiger partial charge in [-0.15, -0.1) is 0 Å². The fourth-order valence-electron chi connectivity index (χ4n) is 2.94. The minimum absolute atomic E-state index is 0.196. The molecule has 3 heterocycles. The topological polar surface area (TPSA) is 152 Å². The first-order valence-corrected chi connectivity index (χ1v) is 6.47. The Morgan fingerprint density at radius 3 is 2.80 bits per heavy atom. The van der Waals surface area contributed by atoms with Crippen LogP contribution in [0, 0.1) is 0 Å². The molecule has 0 aliphatic carbocycles. The van der Waals surface area contributed by atoms with Crippen LogP contribution in [0.5, 0.6) is 0 Å². The molecule has 10 heteroatoms. The van der Waals surface area contributed by atoms with E-state index in [1.54, 1.807) is 4.90 Å². The summed E-state index contributed by atoms with van der Waals surface area (Å²) in [5.41, 5.74) is 5.93. The van der Waals surface area contributed by atoms with Gasteiger partial charge in [-0.25, -0.2) is 4.90 Å². The van der Waals surface area contributed by atoms with Crippen LogP contribution in [-0.4, -0.2) is 82.4 Å². The number of ether oxygens (including phenoxy) is 1. The summed E-state index contributed by atoms with van der Waals surface area (Å²) >= 11 is 0. The summed E-state index contributed by atoms with van der Waals surface area (Å²) in [6, 6.07) is -0.570. The molecule has 3 saturated heterocycles. The van der Waals surface area contributed by atoms with E-state index in [0.717, 1.165) is 0 Å². The lowest BCUT2D eigenvalue weighted by Crippen LogP contribution is -2.64. The second-order valence-corrected chi connectivity index (χ2v) is 5.13. The predicted molar refractivity (Wildman–Crippen MR) is 64.4 cm³/mol. The zero-order chi connectivity index (χ0) is 14.4. The highest BCUT2D eigenvalue weighted by atomic mass is 16.6. The third-order valence-electron chi connectivity index (χ3n) is 3.98. The maximum Gasteiger partial charge on any atom is 0.241 e. The molecule has 7 unspecified atom stereocenters. The SMILES string of the molecule is NC1NC2C(=O)NCNC2N1C1OC(CO)C(O)C1O. The quantitative estimate of drug-likeness (QED) is 0.265. The van der Waals surface area contributed by atoms with Crippen molar-refractivity contribution in [3.63, 3.8) is 0 Å². The monoisotopic (exact) mass is 289 g/mol. The number of rotatable bonds is 2. The number of aliphatic hydroxyl groups is 3. The highest BCUT2D eigenvalue weighted by Crippen LogP contribution is 2.29. The van der Waals surface area contributed by atoms with E-state index in [2.05, 4.69) is 16.0 Å². The van der Waals surface area contributed by atoms with Gasteiger partial charge in [0, 0.05) is 0 Å². The predicted octanol–water partition coefficient (Wildman–Crippen LogP) is -5.06. The van der Waals surface area contributed by atoms with Crippen molar-refractivity contribution in [1.29, 1.82) is 0 Å². The van der Waals surface area contributed by atoms with Crippen LogP contribution in [0.15, 0.2) is 0 Å². The smallest absolute Gasteiger partial charge is 0.241 e. The number of carbonyl (C=O) groups is 1. The lowest BCUT2D eigenvalue weighted by molar-refractivity contribution is -0.134. The largest absolute Gasteiger partial charge is 0.394 e. The molecule has 1 amide bonds. The number of hydrogen-bond acceptors (Lipinski definition) is 9. The summed E-state index contributed by atoms with van der Waals surface area (Å²) in [6.45, 7) is -0.132. The molecule has 0 spiro atoms. The van der Waals surface area contributed by atoms with Crippen LogP contribution in [0.25, 0.3) is 0 Å². The maximum absolute atomic E-state index is 11.8. The van der Waals surface area contributed by atoms with Crippen LogP contribution < -0.4 is 21.7 Å². The van der Waals surface area contributed by atoms with Crippen LogP contribution in [0.3, 0.4) is 0 Å². The summed E-state index contributed by atoms with van der Waals surface area (Å²) in [4.78, 5) is 13.3. The molecule has 3 aliphatic heterocycles. The Bertz CT molecular complexity index is 398. The van der Waals surface area contributed by atoms with Gasteiger partial charge in [-0.05, 0) is 0 Å². The Kier molecular flexibility index (Phi) is 3.64. The molecule has 8 N–H and O–H groups in total. The number of nitrogens with two attached hydrogens (primary N) is 1. The van der Waals surface area contributed by atoms with Crippen LogP contribution in [0.1, 0.15) is 0 Å². The van der Waals surface area contributed by atoms with Gasteiger partial charge in [-0.2, -0.15) is 0 Å². The molecule has 0 bridgehead atoms. The number of nitrogens with zero attached hydrogens (tertiary/aromatic N) is 1. The van der Waals surface area contributed by atoms with Crippen molar-refractivity contribution in [2.75, 3.05) is 13.3 Å². The van der Waals surface area contributed by atoms with E-state index in [0.29, 0.717) is 0 Å². The Hall–Kier alpha value is -0.850. The maximum atomic E-state index is 11.8. The number of carbonyl (C=O) groups excluding carboxylic acids is 1. The van der Waals surface area contributed by atoms with E-state index >= 15 is 0 Å². The first-order chi connectivity index (χ1) is 9.54. The number of nitrogens with one attached hydrogen (secondary N) is 3. The number of aliphatic hydroxyl groups excluding tert-OH is 3. The fraction of sp³-hybridized carbons (Fsp3) is 0.900. The Balaban J connectivity index is 1.81. The van der Waals surface area contributed by atoms with E-state index in [9.17, 15) is 15.0 Å². The second-order valence-electron chi connectivity index (χ2n) is 5.13. The summed E-state index contributed by atoms with van der Waals surface area (Å²) in [5.74, 6) is -0.196. The third kappa shape index (κ3) is 2.01. The number of amides is 1. The van der Waals surface area contributed by atoms with Crippen molar-refractivity contribution in [3.05, 3.63) is 0 Å². The molecular formula is C10H19N5O5. The van der Waals surface area contributed by atoms with Crippen molar-refractivity contribution in [2.45, 2.75) is 43.0 Å². The molecule has 0 aromatic rings. The molecule has 0 radical (unpaired) electrons. The van der Waals surface area contributed by atoms with Gasteiger partial charge in [0.25, 0.3) is 0 Å². The second kappa shape index (κ2) is 5.16. The highest BCUT2D eigenvalue weighted by Gasteiger charge is 2.54. The summed E-state index contributed by atoms with van der Waals surface area (Å²) in [6.07, 6.45) is -5.37. The molecule has 3 fully saturated rings. The molecule has 3 aliphatic rings. The summed E-state index contributed by atoms with van der Waals surface area (Å²) in [7, 11) is 0. The summed E-state index contributed by atoms with van der Waals surface area (Å²) < 4.78 is 5.46. The molecule has 7 atom stereocenters. The molecule has 20 heavy (non-hydrogen) atoms. The van der Waals surface area contributed by atoms with Gasteiger partial charge < -0.3 is 31.1 Å². The van der Waals surface area contributed by atoms with Crippen molar-refractivity contribution in [1.82, 2.24) is 20.9 Å². The van der Waals surface area contributed by atoms with Gasteiger partial charge in [0.1, 0.15) is 36.9 Å². The first kappa shape index (κ1) is 14.1. The molecule has 0 aromatic carbocycles. The molecule has 3 rings (SSSR count). The van der Waals surface area contributed by atoms with Gasteiger partial charge >= 0.3 is 0 Å². The standard InChI is InChI=1S/C10H19N5O5/c11-10-14-4-7(12-2-13-8(4)19)15(10)9-6(18)5(17)3(1-16)20-9/h3-7,9-10,12,14,16-18H,1-2,11H2,(H,13,19). The van der Waals surface area contributed by atoms with Gasteiger partial charge in [0.05, 0.1) is 19.4 Å². The molecule has 10 nitrogen and oxygen atoms in total. The van der Waals surface area contributed by atoms with E-state index < -0.39 is 49.6 Å². The fourth-order valence-corrected chi connectivity index (χ4v) is 2.94. The van der Waals surface area contributed by atoms with Crippen molar-refractivity contribution in [3.8, 4) is 0 Å². The summed E-state index contributed by atoms with van der Waals surface area (Å²) in [5, 5.41) is 37.6. The Labute approximate surface area is 114 Å². The molecular weight excluding hydrogens is 270 g/mol. The minimum atomic E-state index is -1.22. The first-order valence-electron chi connectivity index (χ1n) is 6.47. The molecule has 0 aromatic heterocycles. The normalized spacial score (nSPS) is 49.2. The number of hydrogen-bond donors (Lipinski definition) is 7. The van der Waals surface area contributed by atoms with E-state index in [1.807, 2.05) is 0 Å². The minimum Gasteiger partial charge on any atom is -0.394 e. The van der Waals surface area contributed by atoms with Gasteiger partial charge in [0.15, 0.2) is 0 Å². The van der Waals surface area contributed by atoms with E-state index in [-0.39, 0.29) is 12.6 Å². The zero-order valence-electron chi connectivity index (χ0n) is 10.6. The van der Waals surface area contributed by atoms with E-state index in [1.165, 1.54) is 0 Å². The molecule has 114 valence electrons. The van der Waals surface area contributed by atoms with Gasteiger partial charge in [0.2, 0.25) is 5.91 Å². The third-order valence-corrected chi connectivity index (χ3v) is 3.98. The highest BCUT2D eigenvalue weighted by molar-refractivity contribution is 5.83. The lowest BCUT2D eigenvalue weighted by atomic mass is 10.1. The van der Waals surface area contributed by atoms with Crippen LogP contribution in [0.4, 0.5) is 0 Å². The van der Waals surface area contributed by atoms with Gasteiger partial charge in [-0.1, -0.05) is 0 Å². The van der Waals surface area contributed by atoms with Crippen molar-refractivity contribution >= 4 is 5.91 Å². The average Bonchev–Trinajstić information content (AvgIpc) is 2.90. The number of fused-ring (bicyclic) bond motifs is 1. The van der Waals surface area contributed by atoms with Crippen LogP contribution in [0.2, 0.25) is 0 Å². The van der Waals surface area contributed by atoms with Crippen molar-refractivity contribution < 1.29 is 24.9 Å². The Morgan fingerprint density at radius 2 is 2.15 bits per heavy atom. The van der Waals surface area contributed by atoms with Crippen LogP contribution >= 0.6 is 0 Å².